The van der Waals surface area contributed by atoms with Gasteiger partial charge in [-0.05, 0) is 12.1 Å². The summed E-state index contributed by atoms with van der Waals surface area (Å²) < 4.78 is 12.5. The van der Waals surface area contributed by atoms with E-state index in [1.54, 1.807) is 30.3 Å². The Kier molecular flexibility index (Phi) is 3.30. The van der Waals surface area contributed by atoms with Crippen molar-refractivity contribution >= 4 is 34.3 Å². The Morgan fingerprint density at radius 1 is 1.15 bits per heavy atom. The van der Waals surface area contributed by atoms with Gasteiger partial charge < -0.3 is 10.3 Å². The second-order valence-corrected chi connectivity index (χ2v) is 6.17. The van der Waals surface area contributed by atoms with Crippen LogP contribution < -0.4 is 5.73 Å². The normalized spacial score (nSPS) is 19.9. The van der Waals surface area contributed by atoms with Crippen molar-refractivity contribution in [2.24, 2.45) is 5.73 Å². The highest BCUT2D eigenvalue weighted by Gasteiger charge is 2.41. The van der Waals surface area contributed by atoms with Crippen LogP contribution in [-0.2, 0) is 11.2 Å². The highest BCUT2D eigenvalue weighted by molar-refractivity contribution is 7.97. The molecular weight excluding hydrogens is 294 g/mol. The summed E-state index contributed by atoms with van der Waals surface area (Å²) in [6, 6.07) is 13.8. The third-order valence-electron chi connectivity index (χ3n) is 3.11. The average molecular weight is 304 g/mol. The van der Waals surface area contributed by atoms with E-state index in [0.29, 0.717) is 21.0 Å². The fourth-order valence-electron chi connectivity index (χ4n) is 2.12. The molecule has 0 saturated carbocycles. The van der Waals surface area contributed by atoms with Gasteiger partial charge in [0.1, 0.15) is 0 Å². The van der Waals surface area contributed by atoms with Crippen LogP contribution in [0.3, 0.4) is 0 Å². The van der Waals surface area contributed by atoms with Crippen molar-refractivity contribution in [1.29, 1.82) is 0 Å². The minimum Gasteiger partial charge on any atom is -0.606 e. The quantitative estimate of drug-likeness (QED) is 0.650. The van der Waals surface area contributed by atoms with Crippen molar-refractivity contribution in [2.45, 2.75) is 4.90 Å². The number of benzene rings is 2. The van der Waals surface area contributed by atoms with E-state index >= 15 is 0 Å². The fraction of sp³-hybridized carbons (Fsp3) is 0. The highest BCUT2D eigenvalue weighted by Crippen LogP contribution is 2.38. The monoisotopic (exact) mass is 303 g/mol. The topological polar surface area (TPSA) is 66.2 Å². The summed E-state index contributed by atoms with van der Waals surface area (Å²) in [5.74, 6) is -0.295. The first-order chi connectivity index (χ1) is 9.59. The molecule has 0 spiro atoms. The van der Waals surface area contributed by atoms with Crippen LogP contribution in [0.5, 0.6) is 0 Å². The molecule has 1 heterocycles. The van der Waals surface area contributed by atoms with Crippen molar-refractivity contribution in [2.75, 3.05) is 0 Å². The number of hydrogen-bond donors (Lipinski definition) is 1. The fourth-order valence-corrected chi connectivity index (χ4v) is 3.77. The summed E-state index contributed by atoms with van der Waals surface area (Å²) in [4.78, 5) is 12.9. The minimum atomic E-state index is -1.59. The van der Waals surface area contributed by atoms with Crippen LogP contribution in [0.1, 0.15) is 15.9 Å². The zero-order chi connectivity index (χ0) is 14.3. The van der Waals surface area contributed by atoms with Gasteiger partial charge in [-0.2, -0.15) is 0 Å². The summed E-state index contributed by atoms with van der Waals surface area (Å²) in [5, 5.41) is 0.449. The molecule has 1 aliphatic heterocycles. The molecule has 3 nitrogen and oxygen atoms in total. The lowest BCUT2D eigenvalue weighted by molar-refractivity contribution is 0.104. The molecule has 0 aromatic heterocycles. The van der Waals surface area contributed by atoms with E-state index < -0.39 is 11.2 Å². The van der Waals surface area contributed by atoms with Gasteiger partial charge in [0.2, 0.25) is 10.7 Å². The number of halogens is 1. The highest BCUT2D eigenvalue weighted by atomic mass is 35.5. The van der Waals surface area contributed by atoms with Crippen molar-refractivity contribution in [3.05, 3.63) is 69.6 Å². The molecule has 1 atom stereocenters. The molecule has 0 amide bonds. The molecule has 2 N–H and O–H groups in total. The minimum absolute atomic E-state index is 0.133. The van der Waals surface area contributed by atoms with Gasteiger partial charge >= 0.3 is 0 Å². The van der Waals surface area contributed by atoms with Gasteiger partial charge in [0, 0.05) is 27.8 Å². The number of hydrogen-bond acceptors (Lipinski definition) is 3. The van der Waals surface area contributed by atoms with E-state index in [9.17, 15) is 9.35 Å². The number of Topliss-reactive ketones (excluding diaryl/α,β-unsaturated/α-hetero) is 1. The van der Waals surface area contributed by atoms with Gasteiger partial charge in [-0.1, -0.05) is 41.9 Å². The number of fused-ring (bicyclic) bond motifs is 1. The first-order valence-corrected chi connectivity index (χ1v) is 7.43. The van der Waals surface area contributed by atoms with Gasteiger partial charge in [-0.25, -0.2) is 0 Å². The Morgan fingerprint density at radius 2 is 1.85 bits per heavy atom. The van der Waals surface area contributed by atoms with E-state index in [4.69, 9.17) is 17.3 Å². The van der Waals surface area contributed by atoms with E-state index in [1.165, 1.54) is 0 Å². The van der Waals surface area contributed by atoms with Crippen LogP contribution in [0.15, 0.2) is 58.3 Å². The molecule has 3 rings (SSSR count). The second-order valence-electron chi connectivity index (χ2n) is 4.35. The van der Waals surface area contributed by atoms with Gasteiger partial charge in [-0.15, -0.1) is 0 Å². The predicted octanol–water partition coefficient (Wildman–Crippen LogP) is 2.97. The Morgan fingerprint density at radius 3 is 2.55 bits per heavy atom. The number of carbonyl (C=O) groups excluding carboxylic acids is 1. The first kappa shape index (κ1) is 13.2. The lowest BCUT2D eigenvalue weighted by Gasteiger charge is -2.07. The van der Waals surface area contributed by atoms with Crippen molar-refractivity contribution in [3.63, 3.8) is 0 Å². The maximum absolute atomic E-state index is 12.5. The standard InChI is InChI=1S/C15H10ClNO2S/c16-10-6-7-11-12(8-10)20(19)15(14(11)18)13(17)9-4-2-1-3-5-9/h1-8H,17H2. The van der Waals surface area contributed by atoms with Gasteiger partial charge in [0.15, 0.2) is 4.90 Å². The molecule has 0 bridgehead atoms. The summed E-state index contributed by atoms with van der Waals surface area (Å²) in [7, 11) is 0. The molecule has 20 heavy (non-hydrogen) atoms. The third kappa shape index (κ3) is 2.02. The number of carbonyl (C=O) groups is 1. The summed E-state index contributed by atoms with van der Waals surface area (Å²) in [5.41, 5.74) is 7.37. The van der Waals surface area contributed by atoms with Crippen molar-refractivity contribution in [1.82, 2.24) is 0 Å². The molecular formula is C15H10ClNO2S. The van der Waals surface area contributed by atoms with E-state index in [1.807, 2.05) is 18.2 Å². The van der Waals surface area contributed by atoms with Crippen LogP contribution in [0.2, 0.25) is 5.02 Å². The lowest BCUT2D eigenvalue weighted by Crippen LogP contribution is -2.11. The van der Waals surface area contributed by atoms with E-state index in [2.05, 4.69) is 0 Å². The van der Waals surface area contributed by atoms with Gasteiger partial charge in [0.05, 0.1) is 11.3 Å². The van der Waals surface area contributed by atoms with Crippen LogP contribution in [-0.4, -0.2) is 10.3 Å². The van der Waals surface area contributed by atoms with Gasteiger partial charge in [-0.3, -0.25) is 4.79 Å². The average Bonchev–Trinajstić information content (AvgIpc) is 2.71. The van der Waals surface area contributed by atoms with Crippen molar-refractivity contribution < 1.29 is 9.35 Å². The maximum Gasteiger partial charge on any atom is 0.248 e. The molecule has 1 aliphatic rings. The number of nitrogens with two attached hydrogens (primary N) is 1. The Labute approximate surface area is 124 Å². The summed E-state index contributed by atoms with van der Waals surface area (Å²) in [6.07, 6.45) is 0. The zero-order valence-electron chi connectivity index (χ0n) is 10.3. The van der Waals surface area contributed by atoms with Crippen LogP contribution >= 0.6 is 11.6 Å². The Hall–Kier alpha value is -1.75. The molecule has 2 aromatic rings. The third-order valence-corrected chi connectivity index (χ3v) is 4.86. The molecule has 0 radical (unpaired) electrons. The lowest BCUT2D eigenvalue weighted by atomic mass is 10.1. The number of ketones is 1. The SMILES string of the molecule is NC(=C1C(=O)c2ccc(Cl)cc2[S+]1[O-])c1ccccc1. The molecule has 0 aliphatic carbocycles. The van der Waals surface area contributed by atoms with Crippen molar-refractivity contribution in [3.8, 4) is 0 Å². The largest absolute Gasteiger partial charge is 0.606 e. The number of allylic oxidation sites excluding steroid dienone is 1. The summed E-state index contributed by atoms with van der Waals surface area (Å²) >= 11 is 4.30. The molecule has 2 aromatic carbocycles. The molecule has 5 heteroatoms. The second kappa shape index (κ2) is 4.98. The van der Waals surface area contributed by atoms with E-state index in [0.717, 1.165) is 0 Å². The molecule has 100 valence electrons. The molecule has 0 fully saturated rings. The van der Waals surface area contributed by atoms with Crippen LogP contribution in [0, 0.1) is 0 Å². The van der Waals surface area contributed by atoms with E-state index in [-0.39, 0.29) is 16.4 Å². The maximum atomic E-state index is 12.5. The number of rotatable bonds is 1. The zero-order valence-corrected chi connectivity index (χ0v) is 11.9. The predicted molar refractivity (Wildman–Crippen MR) is 79.7 cm³/mol. The molecule has 1 unspecified atom stereocenters. The summed E-state index contributed by atoms with van der Waals surface area (Å²) in [6.45, 7) is 0. The smallest absolute Gasteiger partial charge is 0.248 e. The Bertz CT molecular complexity index is 728. The molecule has 0 saturated heterocycles. The van der Waals surface area contributed by atoms with Gasteiger partial charge in [0.25, 0.3) is 0 Å². The Balaban J connectivity index is 2.16. The first-order valence-electron chi connectivity index (χ1n) is 5.91. The van der Waals surface area contributed by atoms with Crippen LogP contribution in [0.25, 0.3) is 5.70 Å². The van der Waals surface area contributed by atoms with Crippen LogP contribution in [0.4, 0.5) is 0 Å².